The molecule has 0 saturated carbocycles. The van der Waals surface area contributed by atoms with Crippen molar-refractivity contribution in [3.63, 3.8) is 0 Å². The predicted octanol–water partition coefficient (Wildman–Crippen LogP) is 2.61. The highest BCUT2D eigenvalue weighted by molar-refractivity contribution is 6.29. The fourth-order valence-electron chi connectivity index (χ4n) is 2.86. The third kappa shape index (κ3) is 3.19. The van der Waals surface area contributed by atoms with Gasteiger partial charge >= 0.3 is 0 Å². The van der Waals surface area contributed by atoms with Gasteiger partial charge in [-0.1, -0.05) is 11.6 Å². The van der Waals surface area contributed by atoms with Crippen LogP contribution in [0.5, 0.6) is 0 Å². The van der Waals surface area contributed by atoms with Crippen molar-refractivity contribution in [1.29, 1.82) is 0 Å². The lowest BCUT2D eigenvalue weighted by molar-refractivity contribution is 0.0791. The van der Waals surface area contributed by atoms with Gasteiger partial charge in [-0.2, -0.15) is 4.98 Å². The van der Waals surface area contributed by atoms with Crippen molar-refractivity contribution in [1.82, 2.24) is 14.9 Å². The first-order chi connectivity index (χ1) is 10.3. The minimum absolute atomic E-state index is 0.293. The van der Waals surface area contributed by atoms with Gasteiger partial charge < -0.3 is 19.7 Å². The molecule has 22 heavy (non-hydrogen) atoms. The van der Waals surface area contributed by atoms with Gasteiger partial charge in [-0.15, -0.1) is 0 Å². The van der Waals surface area contributed by atoms with Crippen LogP contribution in [0, 0.1) is 0 Å². The molecule has 1 unspecified atom stereocenters. The van der Waals surface area contributed by atoms with Crippen LogP contribution in [-0.2, 0) is 5.60 Å². The third-order valence-electron chi connectivity index (χ3n) is 3.94. The van der Waals surface area contributed by atoms with E-state index in [4.69, 9.17) is 16.0 Å². The van der Waals surface area contributed by atoms with Crippen LogP contribution in [0.2, 0.25) is 5.15 Å². The number of hydrogen-bond donors (Lipinski definition) is 2. The minimum Gasteiger partial charge on any atom is -0.421 e. The van der Waals surface area contributed by atoms with Gasteiger partial charge in [-0.25, -0.2) is 4.98 Å². The Balaban J connectivity index is 1.92. The first kappa shape index (κ1) is 15.5. The number of nitrogens with zero attached hydrogens (tertiary/aromatic N) is 3. The molecule has 2 aromatic heterocycles. The fraction of sp³-hybridized carbons (Fsp3) is 0.600. The van der Waals surface area contributed by atoms with Crippen molar-refractivity contribution in [2.24, 2.45) is 0 Å². The zero-order chi connectivity index (χ0) is 15.9. The van der Waals surface area contributed by atoms with E-state index in [0.29, 0.717) is 34.0 Å². The molecule has 2 N–H and O–H groups in total. The average molecular weight is 325 g/mol. The molecule has 3 rings (SSSR count). The SMILES string of the molecule is CN1CCCC(Nc2nc3nc(Cl)cc(C(C)(C)O)c3o2)C1. The number of likely N-dealkylation sites (N-methyl/N-ethyl adjacent to an activating group) is 1. The summed E-state index contributed by atoms with van der Waals surface area (Å²) in [4.78, 5) is 10.8. The molecule has 0 aromatic carbocycles. The van der Waals surface area contributed by atoms with Gasteiger partial charge in [0, 0.05) is 18.2 Å². The summed E-state index contributed by atoms with van der Waals surface area (Å²) in [5.41, 5.74) is 0.399. The Morgan fingerprint density at radius 3 is 2.91 bits per heavy atom. The number of piperidine rings is 1. The Morgan fingerprint density at radius 2 is 2.23 bits per heavy atom. The number of halogens is 1. The number of nitrogens with one attached hydrogen (secondary N) is 1. The summed E-state index contributed by atoms with van der Waals surface area (Å²) in [7, 11) is 2.10. The van der Waals surface area contributed by atoms with Crippen LogP contribution in [0.4, 0.5) is 6.01 Å². The van der Waals surface area contributed by atoms with E-state index < -0.39 is 5.60 Å². The number of aliphatic hydroxyl groups is 1. The van der Waals surface area contributed by atoms with Gasteiger partial charge in [0.15, 0.2) is 5.58 Å². The normalized spacial score (nSPS) is 20.5. The molecule has 0 spiro atoms. The highest BCUT2D eigenvalue weighted by Crippen LogP contribution is 2.31. The van der Waals surface area contributed by atoms with E-state index in [1.54, 1.807) is 19.9 Å². The van der Waals surface area contributed by atoms with Crippen LogP contribution in [0.15, 0.2) is 10.5 Å². The van der Waals surface area contributed by atoms with Crippen LogP contribution in [0.3, 0.4) is 0 Å². The number of anilines is 1. The van der Waals surface area contributed by atoms with Crippen molar-refractivity contribution in [2.45, 2.75) is 38.3 Å². The van der Waals surface area contributed by atoms with Gasteiger partial charge in [0.1, 0.15) is 5.15 Å². The Kier molecular flexibility index (Phi) is 4.01. The van der Waals surface area contributed by atoms with E-state index in [2.05, 4.69) is 27.2 Å². The lowest BCUT2D eigenvalue weighted by Crippen LogP contribution is -2.39. The van der Waals surface area contributed by atoms with Crippen LogP contribution < -0.4 is 5.32 Å². The Morgan fingerprint density at radius 1 is 1.45 bits per heavy atom. The molecule has 0 amide bonds. The predicted molar refractivity (Wildman–Crippen MR) is 86.2 cm³/mol. The molecule has 7 heteroatoms. The van der Waals surface area contributed by atoms with Gasteiger partial charge in [0.25, 0.3) is 6.01 Å². The Bertz CT molecular complexity index is 680. The van der Waals surface area contributed by atoms with Crippen molar-refractivity contribution >= 4 is 28.8 Å². The minimum atomic E-state index is -1.08. The van der Waals surface area contributed by atoms with Gasteiger partial charge in [-0.3, -0.25) is 0 Å². The zero-order valence-corrected chi connectivity index (χ0v) is 13.8. The van der Waals surface area contributed by atoms with Gasteiger partial charge in [0.2, 0.25) is 5.65 Å². The summed E-state index contributed by atoms with van der Waals surface area (Å²) in [5, 5.41) is 13.9. The topological polar surface area (TPSA) is 74.4 Å². The monoisotopic (exact) mass is 324 g/mol. The standard InChI is InChI=1S/C15H21ClN4O2/c1-15(2,21)10-7-11(16)18-13-12(10)22-14(19-13)17-9-5-4-6-20(3)8-9/h7,9,21H,4-6,8H2,1-3H3,(H,17,18,19). The second-order valence-electron chi connectivity index (χ2n) is 6.47. The maximum absolute atomic E-state index is 10.3. The summed E-state index contributed by atoms with van der Waals surface area (Å²) in [6.45, 7) is 5.44. The third-order valence-corrected chi connectivity index (χ3v) is 4.13. The van der Waals surface area contributed by atoms with Crippen LogP contribution in [-0.4, -0.2) is 46.2 Å². The summed E-state index contributed by atoms with van der Waals surface area (Å²) >= 11 is 6.02. The molecule has 1 aliphatic heterocycles. The average Bonchev–Trinajstić information content (AvgIpc) is 2.78. The summed E-state index contributed by atoms with van der Waals surface area (Å²) in [5.74, 6) is 0. The molecule has 0 aliphatic carbocycles. The Hall–Kier alpha value is -1.37. The van der Waals surface area contributed by atoms with Crippen molar-refractivity contribution < 1.29 is 9.52 Å². The molecular formula is C15H21ClN4O2. The lowest BCUT2D eigenvalue weighted by atomic mass is 9.99. The molecular weight excluding hydrogens is 304 g/mol. The number of aromatic nitrogens is 2. The number of oxazole rings is 1. The van der Waals surface area contributed by atoms with Crippen LogP contribution in [0.1, 0.15) is 32.3 Å². The molecule has 6 nitrogen and oxygen atoms in total. The maximum atomic E-state index is 10.3. The number of fused-ring (bicyclic) bond motifs is 1. The second kappa shape index (κ2) is 5.68. The van der Waals surface area contributed by atoms with Gasteiger partial charge in [0.05, 0.1) is 5.60 Å². The first-order valence-corrected chi connectivity index (χ1v) is 7.86. The molecule has 0 radical (unpaired) electrons. The van der Waals surface area contributed by atoms with E-state index in [0.717, 1.165) is 25.9 Å². The molecule has 1 atom stereocenters. The number of hydrogen-bond acceptors (Lipinski definition) is 6. The highest BCUT2D eigenvalue weighted by atomic mass is 35.5. The lowest BCUT2D eigenvalue weighted by Gasteiger charge is -2.29. The molecule has 0 bridgehead atoms. The molecule has 3 heterocycles. The highest BCUT2D eigenvalue weighted by Gasteiger charge is 2.25. The smallest absolute Gasteiger partial charge is 0.297 e. The molecule has 1 saturated heterocycles. The zero-order valence-electron chi connectivity index (χ0n) is 13.1. The van der Waals surface area contributed by atoms with E-state index in [1.807, 2.05) is 0 Å². The first-order valence-electron chi connectivity index (χ1n) is 7.48. The summed E-state index contributed by atoms with van der Waals surface area (Å²) < 4.78 is 5.80. The van der Waals surface area contributed by atoms with Crippen molar-refractivity contribution in [3.8, 4) is 0 Å². The largest absolute Gasteiger partial charge is 0.421 e. The fourth-order valence-corrected chi connectivity index (χ4v) is 3.05. The molecule has 120 valence electrons. The van der Waals surface area contributed by atoms with Crippen molar-refractivity contribution in [3.05, 3.63) is 16.8 Å². The summed E-state index contributed by atoms with van der Waals surface area (Å²) in [6, 6.07) is 2.34. The van der Waals surface area contributed by atoms with E-state index in [9.17, 15) is 5.11 Å². The number of likely N-dealkylation sites (tertiary alicyclic amines) is 1. The van der Waals surface area contributed by atoms with E-state index in [1.165, 1.54) is 0 Å². The van der Waals surface area contributed by atoms with Crippen LogP contribution in [0.25, 0.3) is 11.2 Å². The number of pyridine rings is 1. The summed E-state index contributed by atoms with van der Waals surface area (Å²) in [6.07, 6.45) is 2.23. The molecule has 1 fully saturated rings. The molecule has 2 aromatic rings. The van der Waals surface area contributed by atoms with Crippen LogP contribution >= 0.6 is 11.6 Å². The van der Waals surface area contributed by atoms with E-state index >= 15 is 0 Å². The number of rotatable bonds is 3. The van der Waals surface area contributed by atoms with E-state index in [-0.39, 0.29) is 0 Å². The van der Waals surface area contributed by atoms with Crippen molar-refractivity contribution in [2.75, 3.05) is 25.5 Å². The molecule has 1 aliphatic rings. The quantitative estimate of drug-likeness (QED) is 0.845. The van der Waals surface area contributed by atoms with Gasteiger partial charge in [-0.05, 0) is 46.3 Å². The Labute approximate surface area is 134 Å². The second-order valence-corrected chi connectivity index (χ2v) is 6.86. The maximum Gasteiger partial charge on any atom is 0.297 e.